The van der Waals surface area contributed by atoms with Crippen LogP contribution in [0.1, 0.15) is 46.1 Å². The van der Waals surface area contributed by atoms with Gasteiger partial charge in [0.2, 0.25) is 0 Å². The predicted molar refractivity (Wildman–Crippen MR) is 87.1 cm³/mol. The second-order valence-electron chi connectivity index (χ2n) is 6.51. The van der Waals surface area contributed by atoms with Crippen molar-refractivity contribution in [3.8, 4) is 0 Å². The third kappa shape index (κ3) is 4.13. The van der Waals surface area contributed by atoms with Crippen LogP contribution >= 0.6 is 0 Å². The third-order valence-electron chi connectivity index (χ3n) is 3.40. The maximum Gasteiger partial charge on any atom is 0.414 e. The number of aryl methyl sites for hydroxylation is 1. The van der Waals surface area contributed by atoms with Crippen molar-refractivity contribution in [2.75, 3.05) is 23.3 Å². The van der Waals surface area contributed by atoms with Crippen molar-refractivity contribution < 1.29 is 9.53 Å². The number of anilines is 2. The number of nitrogens with zero attached hydrogens (tertiary/aromatic N) is 1. The Bertz CT molecular complexity index is 506. The van der Waals surface area contributed by atoms with E-state index in [-0.39, 0.29) is 6.09 Å². The van der Waals surface area contributed by atoms with Crippen LogP contribution in [0.5, 0.6) is 0 Å². The first-order valence-corrected chi connectivity index (χ1v) is 7.78. The fourth-order valence-electron chi connectivity index (χ4n) is 2.46. The fourth-order valence-corrected chi connectivity index (χ4v) is 2.46. The number of fused-ring (bicyclic) bond motifs is 1. The van der Waals surface area contributed by atoms with Crippen LogP contribution in [0.25, 0.3) is 0 Å². The molecule has 0 atom stereocenters. The van der Waals surface area contributed by atoms with E-state index in [0.29, 0.717) is 0 Å². The van der Waals surface area contributed by atoms with E-state index < -0.39 is 5.60 Å². The molecule has 0 aromatic heterocycles. The quantitative estimate of drug-likeness (QED) is 0.907. The summed E-state index contributed by atoms with van der Waals surface area (Å²) in [7, 11) is 0. The number of benzene rings is 1. The van der Waals surface area contributed by atoms with Gasteiger partial charge in [0.15, 0.2) is 0 Å². The number of rotatable bonds is 3. The maximum absolute atomic E-state index is 12.4. The van der Waals surface area contributed by atoms with E-state index in [1.807, 2.05) is 20.8 Å². The zero-order valence-corrected chi connectivity index (χ0v) is 13.5. The Labute approximate surface area is 127 Å². The van der Waals surface area contributed by atoms with Gasteiger partial charge < -0.3 is 10.1 Å². The van der Waals surface area contributed by atoms with Crippen LogP contribution in [0, 0.1) is 0 Å². The van der Waals surface area contributed by atoms with Crippen molar-refractivity contribution in [1.29, 1.82) is 0 Å². The zero-order chi connectivity index (χ0) is 15.5. The highest BCUT2D eigenvalue weighted by molar-refractivity contribution is 5.90. The molecule has 1 aromatic carbocycles. The minimum atomic E-state index is -0.466. The van der Waals surface area contributed by atoms with Gasteiger partial charge >= 0.3 is 6.09 Å². The summed E-state index contributed by atoms with van der Waals surface area (Å²) in [5, 5.41) is 3.37. The van der Waals surface area contributed by atoms with Gasteiger partial charge in [-0.3, -0.25) is 4.90 Å². The molecule has 4 nitrogen and oxygen atoms in total. The first kappa shape index (κ1) is 15.7. The molecule has 2 rings (SSSR count). The molecule has 1 N–H and O–H groups in total. The number of hydrogen-bond acceptors (Lipinski definition) is 3. The van der Waals surface area contributed by atoms with Crippen LogP contribution in [-0.4, -0.2) is 24.8 Å². The summed E-state index contributed by atoms with van der Waals surface area (Å²) in [6.07, 6.45) is 2.82. The van der Waals surface area contributed by atoms with Crippen molar-refractivity contribution in [3.05, 3.63) is 23.8 Å². The SMILES string of the molecule is CCCNc1ccc2c(c1)N(C(=O)OC(C)(C)C)CCC2. The van der Waals surface area contributed by atoms with Crippen LogP contribution in [0.3, 0.4) is 0 Å². The minimum Gasteiger partial charge on any atom is -0.443 e. The van der Waals surface area contributed by atoms with Gasteiger partial charge in [-0.25, -0.2) is 4.79 Å². The number of carbonyl (C=O) groups excluding carboxylic acids is 1. The second kappa shape index (κ2) is 6.37. The molecule has 0 radical (unpaired) electrons. The number of hydrogen-bond donors (Lipinski definition) is 1. The first-order valence-electron chi connectivity index (χ1n) is 7.78. The summed E-state index contributed by atoms with van der Waals surface area (Å²) in [6.45, 7) is 9.49. The molecule has 21 heavy (non-hydrogen) atoms. The topological polar surface area (TPSA) is 41.6 Å². The van der Waals surface area contributed by atoms with E-state index in [1.165, 1.54) is 5.56 Å². The molecule has 0 saturated carbocycles. The standard InChI is InChI=1S/C17H26N2O2/c1-5-10-18-14-9-8-13-7-6-11-19(15(13)12-14)16(20)21-17(2,3)4/h8-9,12,18H,5-7,10-11H2,1-4H3. The Morgan fingerprint density at radius 2 is 2.14 bits per heavy atom. The molecule has 0 aliphatic carbocycles. The van der Waals surface area contributed by atoms with Crippen molar-refractivity contribution in [1.82, 2.24) is 0 Å². The second-order valence-corrected chi connectivity index (χ2v) is 6.51. The largest absolute Gasteiger partial charge is 0.443 e. The molecular formula is C17H26N2O2. The fraction of sp³-hybridized carbons (Fsp3) is 0.588. The number of amides is 1. The molecule has 1 aliphatic heterocycles. The zero-order valence-electron chi connectivity index (χ0n) is 13.5. The summed E-state index contributed by atoms with van der Waals surface area (Å²) in [5.74, 6) is 0. The van der Waals surface area contributed by atoms with E-state index in [4.69, 9.17) is 4.74 Å². The molecular weight excluding hydrogens is 264 g/mol. The Hall–Kier alpha value is -1.71. The van der Waals surface area contributed by atoms with E-state index in [1.54, 1.807) is 4.90 Å². The molecule has 0 unspecified atom stereocenters. The molecule has 1 aromatic rings. The summed E-state index contributed by atoms with van der Waals surface area (Å²) >= 11 is 0. The van der Waals surface area contributed by atoms with Crippen molar-refractivity contribution in [2.45, 2.75) is 52.6 Å². The van der Waals surface area contributed by atoms with Crippen LogP contribution in [0.2, 0.25) is 0 Å². The van der Waals surface area contributed by atoms with Crippen molar-refractivity contribution in [2.24, 2.45) is 0 Å². The molecule has 0 saturated heterocycles. The summed E-state index contributed by atoms with van der Waals surface area (Å²) in [4.78, 5) is 14.2. The van der Waals surface area contributed by atoms with Crippen LogP contribution in [0.4, 0.5) is 16.2 Å². The van der Waals surface area contributed by atoms with Gasteiger partial charge in [0.25, 0.3) is 0 Å². The van der Waals surface area contributed by atoms with Gasteiger partial charge in [-0.2, -0.15) is 0 Å². The Morgan fingerprint density at radius 3 is 2.81 bits per heavy atom. The van der Waals surface area contributed by atoms with Gasteiger partial charge in [0, 0.05) is 18.8 Å². The molecule has 116 valence electrons. The van der Waals surface area contributed by atoms with Crippen LogP contribution < -0.4 is 10.2 Å². The van der Waals surface area contributed by atoms with Gasteiger partial charge in [-0.15, -0.1) is 0 Å². The number of carbonyl (C=O) groups is 1. The van der Waals surface area contributed by atoms with E-state index in [2.05, 4.69) is 30.4 Å². The minimum absolute atomic E-state index is 0.254. The molecule has 0 fully saturated rings. The lowest BCUT2D eigenvalue weighted by atomic mass is 10.0. The van der Waals surface area contributed by atoms with Crippen molar-refractivity contribution >= 4 is 17.5 Å². The summed E-state index contributed by atoms with van der Waals surface area (Å²) < 4.78 is 5.52. The summed E-state index contributed by atoms with van der Waals surface area (Å²) in [6, 6.07) is 6.27. The van der Waals surface area contributed by atoms with E-state index >= 15 is 0 Å². The average Bonchev–Trinajstić information content (AvgIpc) is 2.42. The molecule has 1 aliphatic rings. The molecule has 4 heteroatoms. The lowest BCUT2D eigenvalue weighted by Crippen LogP contribution is -2.39. The first-order chi connectivity index (χ1) is 9.90. The van der Waals surface area contributed by atoms with Crippen molar-refractivity contribution in [3.63, 3.8) is 0 Å². The van der Waals surface area contributed by atoms with Gasteiger partial charge in [-0.05, 0) is 57.7 Å². The van der Waals surface area contributed by atoms with E-state index in [9.17, 15) is 4.79 Å². The number of ether oxygens (including phenoxy) is 1. The lowest BCUT2D eigenvalue weighted by molar-refractivity contribution is 0.0578. The highest BCUT2D eigenvalue weighted by atomic mass is 16.6. The average molecular weight is 290 g/mol. The predicted octanol–water partition coefficient (Wildman–Crippen LogP) is 4.20. The van der Waals surface area contributed by atoms with Crippen LogP contribution in [-0.2, 0) is 11.2 Å². The molecule has 0 spiro atoms. The Kier molecular flexibility index (Phi) is 4.76. The molecule has 1 heterocycles. The maximum atomic E-state index is 12.4. The van der Waals surface area contributed by atoms with E-state index in [0.717, 1.165) is 43.7 Å². The smallest absolute Gasteiger partial charge is 0.414 e. The highest BCUT2D eigenvalue weighted by Crippen LogP contribution is 2.31. The van der Waals surface area contributed by atoms with Gasteiger partial charge in [-0.1, -0.05) is 13.0 Å². The van der Waals surface area contributed by atoms with Gasteiger partial charge in [0.1, 0.15) is 5.60 Å². The highest BCUT2D eigenvalue weighted by Gasteiger charge is 2.27. The van der Waals surface area contributed by atoms with Gasteiger partial charge in [0.05, 0.1) is 5.69 Å². The monoisotopic (exact) mass is 290 g/mol. The molecule has 0 bridgehead atoms. The third-order valence-corrected chi connectivity index (χ3v) is 3.40. The number of nitrogens with one attached hydrogen (secondary N) is 1. The summed E-state index contributed by atoms with van der Waals surface area (Å²) in [5.41, 5.74) is 2.80. The Balaban J connectivity index is 2.22. The lowest BCUT2D eigenvalue weighted by Gasteiger charge is -2.32. The molecule has 1 amide bonds. The Morgan fingerprint density at radius 1 is 1.38 bits per heavy atom. The normalized spacial score (nSPS) is 14.6. The van der Waals surface area contributed by atoms with Crippen LogP contribution in [0.15, 0.2) is 18.2 Å².